The molecule has 1 aliphatic carbocycles. The summed E-state index contributed by atoms with van der Waals surface area (Å²) in [7, 11) is 0. The van der Waals surface area contributed by atoms with Crippen molar-refractivity contribution in [1.82, 2.24) is 0 Å². The van der Waals surface area contributed by atoms with Crippen molar-refractivity contribution in [1.29, 1.82) is 0 Å². The average molecular weight is 238 g/mol. The van der Waals surface area contributed by atoms with Gasteiger partial charge in [0, 0.05) is 11.6 Å². The van der Waals surface area contributed by atoms with Crippen LogP contribution in [0.3, 0.4) is 0 Å². The number of rotatable bonds is 3. The summed E-state index contributed by atoms with van der Waals surface area (Å²) in [6, 6.07) is 0. The highest BCUT2D eigenvalue weighted by atomic mass is 17.2. The second-order valence-electron chi connectivity index (χ2n) is 4.23. The van der Waals surface area contributed by atoms with Crippen LogP contribution in [0.5, 0.6) is 0 Å². The molecule has 0 aromatic carbocycles. The Hall–Kier alpha value is -1.58. The van der Waals surface area contributed by atoms with E-state index in [0.717, 1.165) is 18.9 Å². The monoisotopic (exact) mass is 238 g/mol. The molecular weight excluding hydrogens is 220 g/mol. The molecule has 0 radical (unpaired) electrons. The molecule has 0 atom stereocenters. The lowest BCUT2D eigenvalue weighted by Gasteiger charge is -2.18. The third-order valence-corrected chi connectivity index (χ3v) is 2.82. The zero-order valence-electron chi connectivity index (χ0n) is 10.1. The maximum atomic E-state index is 11.4. The van der Waals surface area contributed by atoms with Gasteiger partial charge in [0.1, 0.15) is 0 Å². The fraction of sp³-hybridized carbons (Fsp3) is 0.538. The van der Waals surface area contributed by atoms with E-state index in [4.69, 9.17) is 0 Å². The van der Waals surface area contributed by atoms with Gasteiger partial charge >= 0.3 is 11.9 Å². The molecule has 4 heteroatoms. The molecule has 0 bridgehead atoms. The molecule has 0 aromatic heterocycles. The van der Waals surface area contributed by atoms with Gasteiger partial charge in [0.05, 0.1) is 0 Å². The van der Waals surface area contributed by atoms with Crippen molar-refractivity contribution in [3.8, 4) is 0 Å². The van der Waals surface area contributed by atoms with Gasteiger partial charge in [-0.15, -0.1) is 0 Å². The van der Waals surface area contributed by atoms with E-state index in [0.29, 0.717) is 11.5 Å². The topological polar surface area (TPSA) is 52.6 Å². The van der Waals surface area contributed by atoms with Gasteiger partial charge < -0.3 is 0 Å². The Balaban J connectivity index is 2.41. The molecule has 0 spiro atoms. The lowest BCUT2D eigenvalue weighted by Crippen LogP contribution is -2.12. The van der Waals surface area contributed by atoms with Crippen molar-refractivity contribution in [3.05, 3.63) is 24.3 Å². The van der Waals surface area contributed by atoms with E-state index in [2.05, 4.69) is 16.4 Å². The average Bonchev–Trinajstić information content (AvgIpc) is 2.36. The molecule has 0 N–H and O–H groups in total. The van der Waals surface area contributed by atoms with Crippen LogP contribution in [0.4, 0.5) is 0 Å². The fourth-order valence-electron chi connectivity index (χ4n) is 1.90. The molecule has 4 nitrogen and oxygen atoms in total. The van der Waals surface area contributed by atoms with Crippen LogP contribution >= 0.6 is 0 Å². The molecule has 1 saturated carbocycles. The fourth-order valence-corrected chi connectivity index (χ4v) is 1.90. The lowest BCUT2D eigenvalue weighted by atomic mass is 9.88. The SMILES string of the molecule is C=CC(=O)OOC(=O)/C(C)=C/C1CCCCC1. The highest BCUT2D eigenvalue weighted by molar-refractivity contribution is 5.88. The minimum absolute atomic E-state index is 0.436. The predicted octanol–water partition coefficient (Wildman–Crippen LogP) is 2.70. The van der Waals surface area contributed by atoms with Gasteiger partial charge in [-0.05, 0) is 25.7 Å². The number of allylic oxidation sites excluding steroid dienone is 1. The van der Waals surface area contributed by atoms with Gasteiger partial charge in [0.15, 0.2) is 0 Å². The van der Waals surface area contributed by atoms with Crippen molar-refractivity contribution < 1.29 is 19.4 Å². The van der Waals surface area contributed by atoms with Gasteiger partial charge in [-0.25, -0.2) is 19.4 Å². The molecule has 17 heavy (non-hydrogen) atoms. The van der Waals surface area contributed by atoms with E-state index in [1.54, 1.807) is 6.92 Å². The van der Waals surface area contributed by atoms with Crippen molar-refractivity contribution in [3.63, 3.8) is 0 Å². The first-order chi connectivity index (χ1) is 8.13. The van der Waals surface area contributed by atoms with Crippen LogP contribution in [0, 0.1) is 5.92 Å². The molecule has 0 saturated heterocycles. The minimum Gasteiger partial charge on any atom is -0.242 e. The van der Waals surface area contributed by atoms with Crippen LogP contribution in [0.25, 0.3) is 0 Å². The van der Waals surface area contributed by atoms with E-state index in [-0.39, 0.29) is 0 Å². The van der Waals surface area contributed by atoms with Crippen LogP contribution in [0.15, 0.2) is 24.3 Å². The van der Waals surface area contributed by atoms with Gasteiger partial charge in [0.25, 0.3) is 0 Å². The Kier molecular flexibility index (Phi) is 5.46. The number of hydrogen-bond donors (Lipinski definition) is 0. The Bertz CT molecular complexity index is 324. The van der Waals surface area contributed by atoms with Gasteiger partial charge in [-0.1, -0.05) is 31.9 Å². The lowest BCUT2D eigenvalue weighted by molar-refractivity contribution is -0.251. The summed E-state index contributed by atoms with van der Waals surface area (Å²) in [5.41, 5.74) is 0.480. The van der Waals surface area contributed by atoms with Gasteiger partial charge in [0.2, 0.25) is 0 Å². The van der Waals surface area contributed by atoms with E-state index in [1.807, 2.05) is 6.08 Å². The first-order valence-corrected chi connectivity index (χ1v) is 5.87. The first kappa shape index (κ1) is 13.5. The smallest absolute Gasteiger partial charge is 0.242 e. The van der Waals surface area contributed by atoms with E-state index < -0.39 is 11.9 Å². The molecule has 1 fully saturated rings. The summed E-state index contributed by atoms with van der Waals surface area (Å²) in [6.07, 6.45) is 8.74. The normalized spacial score (nSPS) is 17.4. The molecule has 94 valence electrons. The van der Waals surface area contributed by atoms with E-state index in [9.17, 15) is 9.59 Å². The van der Waals surface area contributed by atoms with Crippen LogP contribution in [-0.4, -0.2) is 11.9 Å². The maximum absolute atomic E-state index is 11.4. The summed E-state index contributed by atoms with van der Waals surface area (Å²) in [6.45, 7) is 4.86. The highest BCUT2D eigenvalue weighted by Gasteiger charge is 2.15. The van der Waals surface area contributed by atoms with E-state index in [1.165, 1.54) is 19.3 Å². The number of carbonyl (C=O) groups is 2. The molecule has 1 rings (SSSR count). The zero-order chi connectivity index (χ0) is 12.7. The zero-order valence-corrected chi connectivity index (χ0v) is 10.1. The minimum atomic E-state index is -0.774. The molecule has 0 aliphatic heterocycles. The van der Waals surface area contributed by atoms with Gasteiger partial charge in [-0.2, -0.15) is 0 Å². The predicted molar refractivity (Wildman–Crippen MR) is 62.7 cm³/mol. The van der Waals surface area contributed by atoms with Gasteiger partial charge in [-0.3, -0.25) is 0 Å². The second kappa shape index (κ2) is 6.89. The first-order valence-electron chi connectivity index (χ1n) is 5.87. The molecular formula is C13H18O4. The van der Waals surface area contributed by atoms with Crippen LogP contribution in [-0.2, 0) is 19.4 Å². The Morgan fingerprint density at radius 3 is 2.41 bits per heavy atom. The molecule has 0 amide bonds. The summed E-state index contributed by atoms with van der Waals surface area (Å²) < 4.78 is 0. The summed E-state index contributed by atoms with van der Waals surface area (Å²) in [5.74, 6) is -0.957. The Morgan fingerprint density at radius 2 is 1.82 bits per heavy atom. The molecule has 0 unspecified atom stereocenters. The van der Waals surface area contributed by atoms with Crippen LogP contribution in [0.1, 0.15) is 39.0 Å². The molecule has 0 aromatic rings. The van der Waals surface area contributed by atoms with Crippen molar-refractivity contribution in [2.45, 2.75) is 39.0 Å². The second-order valence-corrected chi connectivity index (χ2v) is 4.23. The number of hydrogen-bond acceptors (Lipinski definition) is 4. The third-order valence-electron chi connectivity index (χ3n) is 2.82. The third kappa shape index (κ3) is 4.85. The molecule has 1 aliphatic rings. The largest absolute Gasteiger partial charge is 0.381 e. The molecule has 0 heterocycles. The Morgan fingerprint density at radius 1 is 1.18 bits per heavy atom. The summed E-state index contributed by atoms with van der Waals surface area (Å²) >= 11 is 0. The Labute approximate surface area is 101 Å². The van der Waals surface area contributed by atoms with Crippen LogP contribution in [0.2, 0.25) is 0 Å². The highest BCUT2D eigenvalue weighted by Crippen LogP contribution is 2.25. The quantitative estimate of drug-likeness (QED) is 0.431. The van der Waals surface area contributed by atoms with Crippen LogP contribution < -0.4 is 0 Å². The number of carbonyl (C=O) groups excluding carboxylic acids is 2. The summed E-state index contributed by atoms with van der Waals surface area (Å²) in [5, 5.41) is 0. The van der Waals surface area contributed by atoms with E-state index >= 15 is 0 Å². The summed E-state index contributed by atoms with van der Waals surface area (Å²) in [4.78, 5) is 30.7. The standard InChI is InChI=1S/C13H18O4/c1-3-12(14)16-17-13(15)10(2)9-11-7-5-4-6-8-11/h3,9,11H,1,4-8H2,2H3/b10-9+. The van der Waals surface area contributed by atoms with Crippen molar-refractivity contribution >= 4 is 11.9 Å². The maximum Gasteiger partial charge on any atom is 0.381 e. The van der Waals surface area contributed by atoms with Crippen molar-refractivity contribution in [2.24, 2.45) is 5.92 Å². The van der Waals surface area contributed by atoms with Crippen molar-refractivity contribution in [2.75, 3.05) is 0 Å².